The summed E-state index contributed by atoms with van der Waals surface area (Å²) in [6.07, 6.45) is 4.60. The second-order valence-corrected chi connectivity index (χ2v) is 6.08. The maximum Gasteiger partial charge on any atom is 0.328 e. The number of carbonyl (C=O) groups is 1. The van der Waals surface area contributed by atoms with Gasteiger partial charge in [-0.3, -0.25) is 4.90 Å². The summed E-state index contributed by atoms with van der Waals surface area (Å²) in [5, 5.41) is 9.85. The van der Waals surface area contributed by atoms with Gasteiger partial charge in [-0.2, -0.15) is 0 Å². The highest BCUT2D eigenvalue weighted by atomic mass is 16.4. The average molecular weight is 275 g/mol. The number of nitrogens with zero attached hydrogens (tertiary/aromatic N) is 1. The van der Waals surface area contributed by atoms with Crippen LogP contribution >= 0.6 is 0 Å². The van der Waals surface area contributed by atoms with Gasteiger partial charge in [-0.1, -0.05) is 31.0 Å². The molecule has 1 N–H and O–H groups in total. The molecule has 0 aromatic heterocycles. The van der Waals surface area contributed by atoms with Gasteiger partial charge in [-0.05, 0) is 63.4 Å². The quantitative estimate of drug-likeness (QED) is 0.918. The molecule has 1 fully saturated rings. The van der Waals surface area contributed by atoms with Crippen LogP contribution in [0.15, 0.2) is 18.2 Å². The Labute approximate surface area is 121 Å². The minimum atomic E-state index is -0.914. The first kappa shape index (κ1) is 15.0. The fourth-order valence-corrected chi connectivity index (χ4v) is 3.00. The normalized spacial score (nSPS) is 20.1. The zero-order chi connectivity index (χ0) is 14.8. The predicted octanol–water partition coefficient (Wildman–Crippen LogP) is 3.48. The zero-order valence-corrected chi connectivity index (χ0v) is 12.8. The number of carboxylic acids is 1. The van der Waals surface area contributed by atoms with E-state index in [1.165, 1.54) is 18.4 Å². The molecule has 1 saturated heterocycles. The highest BCUT2D eigenvalue weighted by Crippen LogP contribution is 2.32. The predicted molar refractivity (Wildman–Crippen MR) is 80.9 cm³/mol. The molecule has 0 spiro atoms. The molecule has 1 heterocycles. The van der Waals surface area contributed by atoms with Crippen molar-refractivity contribution in [1.82, 2.24) is 4.90 Å². The Kier molecular flexibility index (Phi) is 4.48. The molecule has 0 bridgehead atoms. The topological polar surface area (TPSA) is 40.5 Å². The van der Waals surface area contributed by atoms with E-state index >= 15 is 0 Å². The van der Waals surface area contributed by atoms with E-state index in [2.05, 4.69) is 11.8 Å². The van der Waals surface area contributed by atoms with Gasteiger partial charge in [-0.25, -0.2) is 4.79 Å². The van der Waals surface area contributed by atoms with E-state index in [0.29, 0.717) is 0 Å². The molecule has 0 radical (unpaired) electrons. The van der Waals surface area contributed by atoms with Crippen molar-refractivity contribution in [2.24, 2.45) is 0 Å². The van der Waals surface area contributed by atoms with Gasteiger partial charge in [0.05, 0.1) is 0 Å². The second kappa shape index (κ2) is 5.96. The minimum absolute atomic E-state index is 0.748. The number of benzene rings is 1. The molecular weight excluding hydrogens is 250 g/mol. The van der Waals surface area contributed by atoms with Crippen LogP contribution in [0.4, 0.5) is 0 Å². The van der Waals surface area contributed by atoms with Crippen LogP contribution in [0.5, 0.6) is 0 Å². The summed E-state index contributed by atoms with van der Waals surface area (Å²) in [5.41, 5.74) is 2.35. The fraction of sp³-hybridized carbons (Fsp3) is 0.588. The van der Waals surface area contributed by atoms with Crippen LogP contribution in [0.2, 0.25) is 0 Å². The van der Waals surface area contributed by atoms with Gasteiger partial charge in [0, 0.05) is 0 Å². The summed E-state index contributed by atoms with van der Waals surface area (Å²) < 4.78 is 0. The Hall–Kier alpha value is -1.35. The Bertz CT molecular complexity index is 490. The summed E-state index contributed by atoms with van der Waals surface area (Å²) in [6.45, 7) is 7.70. The van der Waals surface area contributed by atoms with Crippen LogP contribution in [0.3, 0.4) is 0 Å². The molecule has 1 atom stereocenters. The zero-order valence-electron chi connectivity index (χ0n) is 12.8. The number of aliphatic carboxylic acids is 1. The van der Waals surface area contributed by atoms with Gasteiger partial charge < -0.3 is 5.11 Å². The minimum Gasteiger partial charge on any atom is -0.480 e. The maximum absolute atomic E-state index is 12.0. The Morgan fingerprint density at radius 3 is 2.20 bits per heavy atom. The third-order valence-electron chi connectivity index (χ3n) is 4.72. The molecule has 2 rings (SSSR count). The summed E-state index contributed by atoms with van der Waals surface area (Å²) in [4.78, 5) is 14.1. The third kappa shape index (κ3) is 2.73. The molecule has 1 unspecified atom stereocenters. The Morgan fingerprint density at radius 2 is 1.70 bits per heavy atom. The van der Waals surface area contributed by atoms with Crippen molar-refractivity contribution in [1.29, 1.82) is 0 Å². The van der Waals surface area contributed by atoms with Crippen molar-refractivity contribution >= 4 is 5.97 Å². The molecule has 0 aliphatic carbocycles. The fourth-order valence-electron chi connectivity index (χ4n) is 3.00. The van der Waals surface area contributed by atoms with Crippen LogP contribution in [-0.2, 0) is 10.3 Å². The number of rotatable bonds is 3. The smallest absolute Gasteiger partial charge is 0.328 e. The molecule has 0 saturated carbocycles. The van der Waals surface area contributed by atoms with Crippen LogP contribution in [-0.4, -0.2) is 29.1 Å². The van der Waals surface area contributed by atoms with Gasteiger partial charge in [0.25, 0.3) is 0 Å². The largest absolute Gasteiger partial charge is 0.480 e. The van der Waals surface area contributed by atoms with Crippen molar-refractivity contribution in [2.45, 2.75) is 52.0 Å². The summed E-state index contributed by atoms with van der Waals surface area (Å²) in [7, 11) is 0. The van der Waals surface area contributed by atoms with Crippen molar-refractivity contribution in [3.63, 3.8) is 0 Å². The average Bonchev–Trinajstić information content (AvgIpc) is 2.70. The summed E-state index contributed by atoms with van der Waals surface area (Å²) in [5.74, 6) is -0.748. The van der Waals surface area contributed by atoms with Crippen molar-refractivity contribution in [2.75, 3.05) is 13.1 Å². The lowest BCUT2D eigenvalue weighted by Crippen LogP contribution is -2.50. The van der Waals surface area contributed by atoms with E-state index in [-0.39, 0.29) is 0 Å². The first-order valence-corrected chi connectivity index (χ1v) is 7.52. The van der Waals surface area contributed by atoms with E-state index in [1.54, 1.807) is 0 Å². The van der Waals surface area contributed by atoms with E-state index in [0.717, 1.165) is 37.1 Å². The lowest BCUT2D eigenvalue weighted by molar-refractivity contribution is -0.151. The molecule has 1 aliphatic rings. The monoisotopic (exact) mass is 275 g/mol. The van der Waals surface area contributed by atoms with Crippen LogP contribution in [0.25, 0.3) is 0 Å². The number of aryl methyl sites for hydroxylation is 2. The van der Waals surface area contributed by atoms with Gasteiger partial charge in [0.15, 0.2) is 0 Å². The molecule has 3 nitrogen and oxygen atoms in total. The summed E-state index contributed by atoms with van der Waals surface area (Å²) in [6, 6.07) is 6.04. The molecule has 110 valence electrons. The van der Waals surface area contributed by atoms with E-state index in [1.807, 2.05) is 32.0 Å². The summed E-state index contributed by atoms with van der Waals surface area (Å²) >= 11 is 0. The van der Waals surface area contributed by atoms with Crippen LogP contribution < -0.4 is 0 Å². The third-order valence-corrected chi connectivity index (χ3v) is 4.72. The number of hydrogen-bond donors (Lipinski definition) is 1. The standard InChI is InChI=1S/C17H25NO2/c1-13-8-9-15(12-14(13)2)17(3,16(19)20)18-10-6-4-5-7-11-18/h8-9,12H,4-7,10-11H2,1-3H3,(H,19,20). The second-order valence-electron chi connectivity index (χ2n) is 6.08. The lowest BCUT2D eigenvalue weighted by Gasteiger charge is -2.38. The molecule has 3 heteroatoms. The lowest BCUT2D eigenvalue weighted by atomic mass is 9.87. The Morgan fingerprint density at radius 1 is 1.10 bits per heavy atom. The van der Waals surface area contributed by atoms with Gasteiger partial charge in [-0.15, -0.1) is 0 Å². The molecule has 0 amide bonds. The highest BCUT2D eigenvalue weighted by Gasteiger charge is 2.41. The van der Waals surface area contributed by atoms with Crippen molar-refractivity contribution in [3.05, 3.63) is 34.9 Å². The molecule has 1 aliphatic heterocycles. The molecule has 1 aromatic carbocycles. The number of hydrogen-bond acceptors (Lipinski definition) is 2. The number of carboxylic acid groups (broad SMARTS) is 1. The highest BCUT2D eigenvalue weighted by molar-refractivity contribution is 5.80. The first-order valence-electron chi connectivity index (χ1n) is 7.52. The van der Waals surface area contributed by atoms with Crippen molar-refractivity contribution < 1.29 is 9.90 Å². The van der Waals surface area contributed by atoms with E-state index < -0.39 is 11.5 Å². The van der Waals surface area contributed by atoms with E-state index in [4.69, 9.17) is 0 Å². The SMILES string of the molecule is Cc1ccc(C(C)(C(=O)O)N2CCCCCC2)cc1C. The van der Waals surface area contributed by atoms with E-state index in [9.17, 15) is 9.90 Å². The molecular formula is C17H25NO2. The van der Waals surface area contributed by atoms with Gasteiger partial charge in [0.2, 0.25) is 0 Å². The van der Waals surface area contributed by atoms with Gasteiger partial charge >= 0.3 is 5.97 Å². The van der Waals surface area contributed by atoms with Crippen LogP contribution in [0, 0.1) is 13.8 Å². The van der Waals surface area contributed by atoms with Gasteiger partial charge in [0.1, 0.15) is 5.54 Å². The van der Waals surface area contributed by atoms with Crippen LogP contribution in [0.1, 0.15) is 49.3 Å². The first-order chi connectivity index (χ1) is 9.46. The molecule has 20 heavy (non-hydrogen) atoms. The molecule has 1 aromatic rings. The Balaban J connectivity index is 2.41. The maximum atomic E-state index is 12.0. The van der Waals surface area contributed by atoms with Crippen molar-refractivity contribution in [3.8, 4) is 0 Å². The number of likely N-dealkylation sites (tertiary alicyclic amines) is 1.